The summed E-state index contributed by atoms with van der Waals surface area (Å²) in [4.78, 5) is 28.9. The average molecular weight is 670 g/mol. The predicted octanol–water partition coefficient (Wildman–Crippen LogP) is 9.06. The number of ether oxygens (including phenoxy) is 1. The van der Waals surface area contributed by atoms with E-state index < -0.39 is 16.7 Å². The number of carbonyl (C=O) groups is 2. The van der Waals surface area contributed by atoms with Gasteiger partial charge in [0.05, 0.1) is 5.60 Å². The van der Waals surface area contributed by atoms with Crippen molar-refractivity contribution in [3.05, 3.63) is 108 Å². The highest BCUT2D eigenvalue weighted by atomic mass is 16.6. The van der Waals surface area contributed by atoms with E-state index in [-0.39, 0.29) is 17.7 Å². The Labute approximate surface area is 295 Å². The molecule has 0 radical (unpaired) electrons. The molecule has 0 aliphatic carbocycles. The van der Waals surface area contributed by atoms with Crippen molar-refractivity contribution >= 4 is 12.1 Å². The summed E-state index contributed by atoms with van der Waals surface area (Å²) in [5.74, 6) is 0.538. The number of nitrogens with zero attached hydrogens (tertiary/aromatic N) is 2. The zero-order valence-corrected chi connectivity index (χ0v) is 30.9. The lowest BCUT2D eigenvalue weighted by Crippen LogP contribution is -2.58. The highest BCUT2D eigenvalue weighted by Crippen LogP contribution is 2.41. The van der Waals surface area contributed by atoms with Crippen LogP contribution in [0.5, 0.6) is 0 Å². The highest BCUT2D eigenvalue weighted by molar-refractivity contribution is 5.75. The van der Waals surface area contributed by atoms with Crippen LogP contribution in [0.2, 0.25) is 0 Å². The number of nitrogens with one attached hydrogen (secondary N) is 1. The second-order valence-electron chi connectivity index (χ2n) is 16.0. The molecule has 3 aromatic rings. The molecule has 0 aromatic heterocycles. The topological polar surface area (TPSA) is 82.1 Å². The number of benzene rings is 3. The Morgan fingerprint density at radius 2 is 1.41 bits per heavy atom. The Hall–Kier alpha value is -3.84. The molecule has 7 nitrogen and oxygen atoms in total. The molecule has 5 rings (SSSR count). The van der Waals surface area contributed by atoms with Crippen molar-refractivity contribution < 1.29 is 19.4 Å². The fourth-order valence-electron chi connectivity index (χ4n) is 7.33. The maximum absolute atomic E-state index is 12.7. The molecule has 3 aromatic carbocycles. The number of amides is 3. The van der Waals surface area contributed by atoms with Crippen LogP contribution in [-0.4, -0.2) is 63.3 Å². The van der Waals surface area contributed by atoms with Gasteiger partial charge in [0.25, 0.3) is 0 Å². The quantitative estimate of drug-likeness (QED) is 0.246. The van der Waals surface area contributed by atoms with Crippen LogP contribution < -0.4 is 5.32 Å². The average Bonchev–Trinajstić information content (AvgIpc) is 3.04. The van der Waals surface area contributed by atoms with Gasteiger partial charge in [-0.3, -0.25) is 0 Å². The number of rotatable bonds is 7. The summed E-state index contributed by atoms with van der Waals surface area (Å²) >= 11 is 0. The van der Waals surface area contributed by atoms with Gasteiger partial charge in [-0.05, 0) is 110 Å². The molecule has 0 bridgehead atoms. The van der Waals surface area contributed by atoms with Gasteiger partial charge in [-0.1, -0.05) is 91.0 Å². The lowest BCUT2D eigenvalue weighted by atomic mass is 9.75. The minimum Gasteiger partial charge on any atom is -0.444 e. The third-order valence-corrected chi connectivity index (χ3v) is 9.83. The molecule has 2 fully saturated rings. The first-order valence-corrected chi connectivity index (χ1v) is 18.0. The van der Waals surface area contributed by atoms with Gasteiger partial charge in [0, 0.05) is 37.1 Å². The highest BCUT2D eigenvalue weighted by Gasteiger charge is 2.46. The molecule has 2 aliphatic heterocycles. The van der Waals surface area contributed by atoms with Crippen LogP contribution in [0.1, 0.15) is 110 Å². The van der Waals surface area contributed by atoms with E-state index in [4.69, 9.17) is 4.74 Å². The SMILES string of the molecule is CC(C)(C)OC(=O)N1CCC(O)(c2ccccc2)CC1(C)C.CC1(C)CC(c2ccccc2)CCN1C(=O)NCCCCc1ccccc1. The number of unbranched alkanes of at least 4 members (excludes halogenated alkanes) is 1. The van der Waals surface area contributed by atoms with Crippen LogP contribution in [0.3, 0.4) is 0 Å². The van der Waals surface area contributed by atoms with Crippen molar-refractivity contribution in [3.63, 3.8) is 0 Å². The van der Waals surface area contributed by atoms with E-state index in [0.29, 0.717) is 25.3 Å². The Morgan fingerprint density at radius 1 is 0.816 bits per heavy atom. The van der Waals surface area contributed by atoms with E-state index in [1.165, 1.54) is 11.1 Å². The Kier molecular flexibility index (Phi) is 12.6. The fourth-order valence-corrected chi connectivity index (χ4v) is 7.33. The van der Waals surface area contributed by atoms with Crippen LogP contribution in [0.25, 0.3) is 0 Å². The van der Waals surface area contributed by atoms with E-state index in [0.717, 1.165) is 50.8 Å². The number of aliphatic hydroxyl groups is 1. The molecule has 0 spiro atoms. The Balaban J connectivity index is 0.000000226. The van der Waals surface area contributed by atoms with Gasteiger partial charge in [-0.15, -0.1) is 0 Å². The number of hydrogen-bond donors (Lipinski definition) is 2. The minimum atomic E-state index is -0.900. The summed E-state index contributed by atoms with van der Waals surface area (Å²) in [7, 11) is 0. The molecule has 2 saturated heterocycles. The monoisotopic (exact) mass is 669 g/mol. The third-order valence-electron chi connectivity index (χ3n) is 9.83. The molecule has 2 atom stereocenters. The fraction of sp³-hybridized carbons (Fsp3) is 0.524. The third kappa shape index (κ3) is 10.8. The van der Waals surface area contributed by atoms with Crippen molar-refractivity contribution in [2.24, 2.45) is 0 Å². The normalized spacial score (nSPS) is 21.6. The van der Waals surface area contributed by atoms with E-state index in [9.17, 15) is 14.7 Å². The number of piperidine rings is 2. The molecule has 49 heavy (non-hydrogen) atoms. The summed E-state index contributed by atoms with van der Waals surface area (Å²) in [6.45, 7) is 16.0. The maximum atomic E-state index is 12.7. The molecule has 266 valence electrons. The number of carbonyl (C=O) groups excluding carboxylic acids is 2. The lowest BCUT2D eigenvalue weighted by Gasteiger charge is -2.49. The van der Waals surface area contributed by atoms with Crippen LogP contribution in [0.15, 0.2) is 91.0 Å². The van der Waals surface area contributed by atoms with E-state index in [2.05, 4.69) is 73.8 Å². The van der Waals surface area contributed by atoms with Crippen molar-refractivity contribution in [1.29, 1.82) is 0 Å². The van der Waals surface area contributed by atoms with Crippen LogP contribution >= 0.6 is 0 Å². The maximum Gasteiger partial charge on any atom is 0.410 e. The summed E-state index contributed by atoms with van der Waals surface area (Å²) < 4.78 is 5.49. The van der Waals surface area contributed by atoms with Gasteiger partial charge in [-0.25, -0.2) is 9.59 Å². The zero-order valence-electron chi connectivity index (χ0n) is 30.9. The van der Waals surface area contributed by atoms with Gasteiger partial charge >= 0.3 is 12.1 Å². The van der Waals surface area contributed by atoms with Gasteiger partial charge in [0.15, 0.2) is 0 Å². The number of likely N-dealkylation sites (tertiary alicyclic amines) is 2. The van der Waals surface area contributed by atoms with E-state index >= 15 is 0 Å². The second kappa shape index (κ2) is 16.2. The van der Waals surface area contributed by atoms with Gasteiger partial charge in [-0.2, -0.15) is 0 Å². The first kappa shape index (κ1) is 38.0. The number of aryl methyl sites for hydroxylation is 1. The van der Waals surface area contributed by atoms with Crippen LogP contribution in [0.4, 0.5) is 9.59 Å². The van der Waals surface area contributed by atoms with E-state index in [1.54, 1.807) is 4.90 Å². The van der Waals surface area contributed by atoms with Crippen molar-refractivity contribution in [3.8, 4) is 0 Å². The Bertz CT molecular complexity index is 1470. The molecular formula is C42H59N3O4. The van der Waals surface area contributed by atoms with Crippen molar-refractivity contribution in [2.45, 2.75) is 122 Å². The van der Waals surface area contributed by atoms with Crippen LogP contribution in [-0.2, 0) is 16.8 Å². The zero-order chi connectivity index (χ0) is 35.7. The summed E-state index contributed by atoms with van der Waals surface area (Å²) in [6, 6.07) is 31.0. The van der Waals surface area contributed by atoms with E-state index in [1.807, 2.05) is 75.9 Å². The summed E-state index contributed by atoms with van der Waals surface area (Å²) in [6.07, 6.45) is 5.93. The smallest absolute Gasteiger partial charge is 0.410 e. The largest absolute Gasteiger partial charge is 0.444 e. The summed E-state index contributed by atoms with van der Waals surface area (Å²) in [5.41, 5.74) is 1.67. The second-order valence-corrected chi connectivity index (χ2v) is 16.0. The van der Waals surface area contributed by atoms with Crippen molar-refractivity contribution in [1.82, 2.24) is 15.1 Å². The molecular weight excluding hydrogens is 610 g/mol. The van der Waals surface area contributed by atoms with Crippen molar-refractivity contribution in [2.75, 3.05) is 19.6 Å². The standard InChI is InChI=1S/C24H32N2O.C18H27NO3/c1-24(2)19-22(21-14-7-4-8-15-21)16-18-26(24)23(27)25-17-10-9-13-20-11-5-3-6-12-20;1-16(2,3)22-15(20)19-12-11-18(21,13-17(19,4)5)14-9-7-6-8-10-14/h3-8,11-12,14-15,22H,9-10,13,16-19H2,1-2H3,(H,25,27);6-10,21H,11-13H2,1-5H3. The number of hydrogen-bond acceptors (Lipinski definition) is 4. The molecule has 2 heterocycles. The van der Waals surface area contributed by atoms with Crippen LogP contribution in [0, 0.1) is 0 Å². The first-order chi connectivity index (χ1) is 23.1. The number of urea groups is 1. The molecule has 2 aliphatic rings. The lowest BCUT2D eigenvalue weighted by molar-refractivity contribution is -0.0830. The molecule has 2 N–H and O–H groups in total. The van der Waals surface area contributed by atoms with Gasteiger partial charge in [0.1, 0.15) is 5.60 Å². The first-order valence-electron chi connectivity index (χ1n) is 18.0. The summed E-state index contributed by atoms with van der Waals surface area (Å²) in [5, 5.41) is 14.2. The molecule has 7 heteroatoms. The molecule has 2 unspecified atom stereocenters. The van der Waals surface area contributed by atoms with Gasteiger partial charge in [0.2, 0.25) is 0 Å². The minimum absolute atomic E-state index is 0.0891. The molecule has 3 amide bonds. The predicted molar refractivity (Wildman–Crippen MR) is 199 cm³/mol. The van der Waals surface area contributed by atoms with Gasteiger partial charge < -0.3 is 25.0 Å². The molecule has 0 saturated carbocycles. The Morgan fingerprint density at radius 3 is 1.98 bits per heavy atom.